The largest absolute Gasteiger partial charge is 0.338 e. The Bertz CT molecular complexity index is 972. The quantitative estimate of drug-likeness (QED) is 0.618. The summed E-state index contributed by atoms with van der Waals surface area (Å²) in [4.78, 5) is 30.5. The van der Waals surface area contributed by atoms with E-state index >= 15 is 0 Å². The van der Waals surface area contributed by atoms with E-state index in [1.807, 2.05) is 38.3 Å². The standard InChI is InChI=1S/C20H24N6OS/c1-14-13-28-20(23-14)26-15(2)11-17(16(26)3)18(27)12-24-7-9-25(10-8-24)19-21-5-4-6-22-19/h4-6,11,13H,7-10,12H2,1-3H3. The minimum Gasteiger partial charge on any atom is -0.338 e. The molecular weight excluding hydrogens is 372 g/mol. The Kier molecular flexibility index (Phi) is 5.23. The van der Waals surface area contributed by atoms with E-state index in [9.17, 15) is 4.79 Å². The van der Waals surface area contributed by atoms with Crippen LogP contribution in [0.2, 0.25) is 0 Å². The number of Topliss-reactive ketones (excluding diaryl/α,β-unsaturated/α-hetero) is 1. The number of aryl methyl sites for hydroxylation is 2. The predicted octanol–water partition coefficient (Wildman–Crippen LogP) is 2.65. The summed E-state index contributed by atoms with van der Waals surface area (Å²) >= 11 is 1.60. The van der Waals surface area contributed by atoms with Crippen molar-refractivity contribution in [2.24, 2.45) is 0 Å². The van der Waals surface area contributed by atoms with E-state index in [-0.39, 0.29) is 5.78 Å². The third-order valence-electron chi connectivity index (χ3n) is 5.10. The first-order valence-electron chi connectivity index (χ1n) is 9.42. The van der Waals surface area contributed by atoms with Crippen LogP contribution in [0.4, 0.5) is 5.95 Å². The molecule has 3 aromatic rings. The van der Waals surface area contributed by atoms with E-state index in [2.05, 4.69) is 29.3 Å². The minimum absolute atomic E-state index is 0.164. The molecule has 7 nitrogen and oxygen atoms in total. The lowest BCUT2D eigenvalue weighted by Crippen LogP contribution is -2.48. The molecular formula is C20H24N6OS. The highest BCUT2D eigenvalue weighted by Crippen LogP contribution is 2.24. The van der Waals surface area contributed by atoms with Crippen LogP contribution >= 0.6 is 11.3 Å². The highest BCUT2D eigenvalue weighted by atomic mass is 32.1. The first-order chi connectivity index (χ1) is 13.5. The molecule has 0 aromatic carbocycles. The summed E-state index contributed by atoms with van der Waals surface area (Å²) in [5.41, 5.74) is 3.80. The molecule has 8 heteroatoms. The van der Waals surface area contributed by atoms with Gasteiger partial charge in [0.1, 0.15) is 0 Å². The molecule has 28 heavy (non-hydrogen) atoms. The van der Waals surface area contributed by atoms with Gasteiger partial charge in [0.25, 0.3) is 0 Å². The van der Waals surface area contributed by atoms with Crippen LogP contribution < -0.4 is 4.90 Å². The number of hydrogen-bond acceptors (Lipinski definition) is 7. The molecule has 1 aliphatic rings. The first kappa shape index (κ1) is 18.8. The number of aromatic nitrogens is 4. The van der Waals surface area contributed by atoms with Gasteiger partial charge in [-0.25, -0.2) is 15.0 Å². The highest BCUT2D eigenvalue weighted by Gasteiger charge is 2.23. The number of hydrogen-bond donors (Lipinski definition) is 0. The number of anilines is 1. The third kappa shape index (κ3) is 3.70. The van der Waals surface area contributed by atoms with E-state index in [4.69, 9.17) is 0 Å². The van der Waals surface area contributed by atoms with Gasteiger partial charge >= 0.3 is 0 Å². The third-order valence-corrected chi connectivity index (χ3v) is 6.05. The monoisotopic (exact) mass is 396 g/mol. The molecule has 4 rings (SSSR count). The minimum atomic E-state index is 0.164. The zero-order valence-corrected chi connectivity index (χ0v) is 17.2. The number of nitrogens with zero attached hydrogens (tertiary/aromatic N) is 6. The van der Waals surface area contributed by atoms with Crippen LogP contribution in [-0.4, -0.2) is 62.9 Å². The molecule has 1 aliphatic heterocycles. The van der Waals surface area contributed by atoms with Gasteiger partial charge in [-0.05, 0) is 32.9 Å². The van der Waals surface area contributed by atoms with Gasteiger partial charge in [-0.15, -0.1) is 11.3 Å². The lowest BCUT2D eigenvalue weighted by molar-refractivity contribution is 0.0925. The van der Waals surface area contributed by atoms with Crippen LogP contribution in [0, 0.1) is 20.8 Å². The molecule has 0 atom stereocenters. The zero-order valence-electron chi connectivity index (χ0n) is 16.4. The average molecular weight is 397 g/mol. The van der Waals surface area contributed by atoms with Crippen LogP contribution in [-0.2, 0) is 0 Å². The molecule has 1 saturated heterocycles. The van der Waals surface area contributed by atoms with Gasteiger partial charge in [0, 0.05) is 60.9 Å². The number of carbonyl (C=O) groups is 1. The average Bonchev–Trinajstić information content (AvgIpc) is 3.25. The molecule has 0 N–H and O–H groups in total. The second-order valence-corrected chi connectivity index (χ2v) is 7.96. The molecule has 0 bridgehead atoms. The number of rotatable bonds is 5. The Labute approximate surface area is 168 Å². The van der Waals surface area contributed by atoms with Crippen molar-refractivity contribution in [2.45, 2.75) is 20.8 Å². The SMILES string of the molecule is Cc1csc(-n2c(C)cc(C(=O)CN3CCN(c4ncccn4)CC3)c2C)n1. The summed E-state index contributed by atoms with van der Waals surface area (Å²) in [7, 11) is 0. The summed E-state index contributed by atoms with van der Waals surface area (Å²) in [5, 5.41) is 2.95. The maximum Gasteiger partial charge on any atom is 0.225 e. The number of thiazole rings is 1. The van der Waals surface area contributed by atoms with Gasteiger partial charge in [0.15, 0.2) is 10.9 Å². The number of carbonyl (C=O) groups excluding carboxylic acids is 1. The van der Waals surface area contributed by atoms with Crippen LogP contribution in [0.1, 0.15) is 27.4 Å². The summed E-state index contributed by atoms with van der Waals surface area (Å²) in [6.45, 7) is 9.76. The zero-order chi connectivity index (χ0) is 19.7. The lowest BCUT2D eigenvalue weighted by Gasteiger charge is -2.34. The normalized spacial score (nSPS) is 15.2. The maximum atomic E-state index is 13.0. The second-order valence-electron chi connectivity index (χ2n) is 7.13. The summed E-state index contributed by atoms with van der Waals surface area (Å²) < 4.78 is 2.08. The van der Waals surface area contributed by atoms with Crippen LogP contribution in [0.3, 0.4) is 0 Å². The van der Waals surface area contributed by atoms with Crippen molar-refractivity contribution in [1.82, 2.24) is 24.4 Å². The highest BCUT2D eigenvalue weighted by molar-refractivity contribution is 7.12. The fraction of sp³-hybridized carbons (Fsp3) is 0.400. The topological polar surface area (TPSA) is 67.2 Å². The van der Waals surface area contributed by atoms with Gasteiger partial charge < -0.3 is 4.90 Å². The maximum absolute atomic E-state index is 13.0. The number of ketones is 1. The van der Waals surface area contributed by atoms with Gasteiger partial charge in [-0.1, -0.05) is 0 Å². The molecule has 3 aromatic heterocycles. The first-order valence-corrected chi connectivity index (χ1v) is 10.3. The second kappa shape index (κ2) is 7.81. The van der Waals surface area contributed by atoms with Crippen molar-refractivity contribution < 1.29 is 4.79 Å². The van der Waals surface area contributed by atoms with E-state index in [1.54, 1.807) is 23.7 Å². The van der Waals surface area contributed by atoms with Gasteiger partial charge in [-0.2, -0.15) is 0 Å². The van der Waals surface area contributed by atoms with E-state index in [0.717, 1.165) is 59.9 Å². The van der Waals surface area contributed by atoms with Gasteiger partial charge in [-0.3, -0.25) is 14.3 Å². The molecule has 0 saturated carbocycles. The fourth-order valence-corrected chi connectivity index (χ4v) is 4.54. The van der Waals surface area contributed by atoms with Crippen molar-refractivity contribution in [3.63, 3.8) is 0 Å². The lowest BCUT2D eigenvalue weighted by atomic mass is 10.1. The molecule has 0 amide bonds. The van der Waals surface area contributed by atoms with Crippen LogP contribution in [0.25, 0.3) is 5.13 Å². The Morgan fingerprint density at radius 2 is 1.82 bits per heavy atom. The van der Waals surface area contributed by atoms with E-state index < -0.39 is 0 Å². The van der Waals surface area contributed by atoms with Crippen molar-refractivity contribution >= 4 is 23.1 Å². The van der Waals surface area contributed by atoms with E-state index in [1.165, 1.54) is 0 Å². The van der Waals surface area contributed by atoms with Crippen molar-refractivity contribution in [3.05, 3.63) is 52.6 Å². The summed E-state index contributed by atoms with van der Waals surface area (Å²) in [6, 6.07) is 3.81. The van der Waals surface area contributed by atoms with E-state index in [0.29, 0.717) is 6.54 Å². The van der Waals surface area contributed by atoms with Crippen LogP contribution in [0.15, 0.2) is 29.9 Å². The van der Waals surface area contributed by atoms with Gasteiger partial charge in [0.2, 0.25) is 5.95 Å². The Morgan fingerprint density at radius 3 is 2.46 bits per heavy atom. The molecule has 4 heterocycles. The predicted molar refractivity (Wildman–Crippen MR) is 111 cm³/mol. The molecule has 0 radical (unpaired) electrons. The molecule has 0 aliphatic carbocycles. The fourth-order valence-electron chi connectivity index (χ4n) is 3.63. The number of piperazine rings is 1. The smallest absolute Gasteiger partial charge is 0.225 e. The Morgan fingerprint density at radius 1 is 1.11 bits per heavy atom. The molecule has 146 valence electrons. The van der Waals surface area contributed by atoms with Crippen molar-refractivity contribution in [1.29, 1.82) is 0 Å². The Hall–Kier alpha value is -2.58. The summed E-state index contributed by atoms with van der Waals surface area (Å²) in [6.07, 6.45) is 3.52. The summed E-state index contributed by atoms with van der Waals surface area (Å²) in [5.74, 6) is 0.924. The van der Waals surface area contributed by atoms with Crippen molar-refractivity contribution in [3.8, 4) is 5.13 Å². The Balaban J connectivity index is 1.42. The molecule has 0 spiro atoms. The van der Waals surface area contributed by atoms with Crippen molar-refractivity contribution in [2.75, 3.05) is 37.6 Å². The molecule has 0 unspecified atom stereocenters. The van der Waals surface area contributed by atoms with Crippen LogP contribution in [0.5, 0.6) is 0 Å². The molecule has 1 fully saturated rings. The van der Waals surface area contributed by atoms with Gasteiger partial charge in [0.05, 0.1) is 12.2 Å².